The van der Waals surface area contributed by atoms with Gasteiger partial charge < -0.3 is 10.6 Å². The zero-order valence-electron chi connectivity index (χ0n) is 14.6. The molecule has 1 amide bonds. The summed E-state index contributed by atoms with van der Waals surface area (Å²) < 4.78 is 0. The van der Waals surface area contributed by atoms with Gasteiger partial charge in [-0.15, -0.1) is 23.7 Å². The lowest BCUT2D eigenvalue weighted by Crippen LogP contribution is -2.48. The van der Waals surface area contributed by atoms with Gasteiger partial charge in [0.1, 0.15) is 0 Å². The molecule has 0 radical (unpaired) electrons. The van der Waals surface area contributed by atoms with Gasteiger partial charge in [0, 0.05) is 31.1 Å². The van der Waals surface area contributed by atoms with Crippen LogP contribution in [-0.4, -0.2) is 42.0 Å². The molecule has 1 atom stereocenters. The quantitative estimate of drug-likeness (QED) is 0.837. The number of benzene rings is 1. The summed E-state index contributed by atoms with van der Waals surface area (Å²) in [4.78, 5) is 18.9. The molecule has 0 saturated carbocycles. The molecular formula is C18H25ClN4OS. The van der Waals surface area contributed by atoms with E-state index >= 15 is 0 Å². The van der Waals surface area contributed by atoms with Crippen LogP contribution in [0.3, 0.4) is 0 Å². The Labute approximate surface area is 159 Å². The molecule has 2 heterocycles. The van der Waals surface area contributed by atoms with E-state index in [1.165, 1.54) is 22.5 Å². The molecular weight excluding hydrogens is 356 g/mol. The minimum absolute atomic E-state index is 0. The number of thiazole rings is 1. The van der Waals surface area contributed by atoms with Crippen LogP contribution in [0.2, 0.25) is 0 Å². The van der Waals surface area contributed by atoms with E-state index in [1.807, 2.05) is 12.3 Å². The van der Waals surface area contributed by atoms with E-state index in [-0.39, 0.29) is 24.4 Å². The lowest BCUT2D eigenvalue weighted by Gasteiger charge is -2.36. The number of piperazine rings is 1. The summed E-state index contributed by atoms with van der Waals surface area (Å²) >= 11 is 1.47. The SMILES string of the molecule is CCc1ccc(C2CNCCN2CC(=O)Nc2nc(C)cs2)cc1.Cl. The number of rotatable bonds is 5. The van der Waals surface area contributed by atoms with Gasteiger partial charge in [0.2, 0.25) is 5.91 Å². The average Bonchev–Trinajstić information content (AvgIpc) is 3.00. The maximum Gasteiger partial charge on any atom is 0.240 e. The third-order valence-electron chi connectivity index (χ3n) is 4.34. The Morgan fingerprint density at radius 2 is 2.16 bits per heavy atom. The highest BCUT2D eigenvalue weighted by Gasteiger charge is 2.25. The van der Waals surface area contributed by atoms with Crippen molar-refractivity contribution in [3.63, 3.8) is 0 Å². The Hall–Kier alpha value is -1.47. The molecule has 1 saturated heterocycles. The minimum Gasteiger partial charge on any atom is -0.314 e. The zero-order valence-corrected chi connectivity index (χ0v) is 16.3. The van der Waals surface area contributed by atoms with Gasteiger partial charge in [-0.3, -0.25) is 9.69 Å². The monoisotopic (exact) mass is 380 g/mol. The molecule has 1 aliphatic heterocycles. The fourth-order valence-electron chi connectivity index (χ4n) is 2.99. The normalized spacial score (nSPS) is 17.8. The zero-order chi connectivity index (χ0) is 16.9. The first kappa shape index (κ1) is 19.8. The predicted octanol–water partition coefficient (Wildman–Crippen LogP) is 3.02. The third kappa shape index (κ3) is 5.25. The van der Waals surface area contributed by atoms with Crippen molar-refractivity contribution in [2.24, 2.45) is 0 Å². The van der Waals surface area contributed by atoms with Crippen molar-refractivity contribution in [1.82, 2.24) is 15.2 Å². The molecule has 5 nitrogen and oxygen atoms in total. The van der Waals surface area contributed by atoms with Crippen molar-refractivity contribution in [2.45, 2.75) is 26.3 Å². The van der Waals surface area contributed by atoms with Gasteiger partial charge >= 0.3 is 0 Å². The lowest BCUT2D eigenvalue weighted by atomic mass is 10.0. The third-order valence-corrected chi connectivity index (χ3v) is 5.21. The highest BCUT2D eigenvalue weighted by molar-refractivity contribution is 7.13. The van der Waals surface area contributed by atoms with Crippen molar-refractivity contribution in [1.29, 1.82) is 0 Å². The van der Waals surface area contributed by atoms with Crippen LogP contribution in [0.1, 0.15) is 29.8 Å². The summed E-state index contributed by atoms with van der Waals surface area (Å²) in [5, 5.41) is 8.96. The fourth-order valence-corrected chi connectivity index (χ4v) is 3.70. The number of hydrogen-bond acceptors (Lipinski definition) is 5. The molecule has 0 spiro atoms. The molecule has 1 fully saturated rings. The van der Waals surface area contributed by atoms with Gasteiger partial charge in [-0.25, -0.2) is 4.98 Å². The molecule has 2 N–H and O–H groups in total. The first-order valence-corrected chi connectivity index (χ1v) is 9.29. The Balaban J connectivity index is 0.00000225. The molecule has 2 aromatic rings. The second-order valence-electron chi connectivity index (χ2n) is 6.13. The number of carbonyl (C=O) groups excluding carboxylic acids is 1. The highest BCUT2D eigenvalue weighted by Crippen LogP contribution is 2.23. The van der Waals surface area contributed by atoms with Crippen molar-refractivity contribution in [3.8, 4) is 0 Å². The number of aryl methyl sites for hydroxylation is 2. The lowest BCUT2D eigenvalue weighted by molar-refractivity contribution is -0.118. The number of carbonyl (C=O) groups is 1. The largest absolute Gasteiger partial charge is 0.314 e. The predicted molar refractivity (Wildman–Crippen MR) is 106 cm³/mol. The first-order valence-electron chi connectivity index (χ1n) is 8.41. The van der Waals surface area contributed by atoms with E-state index in [9.17, 15) is 4.79 Å². The topological polar surface area (TPSA) is 57.3 Å². The molecule has 7 heteroatoms. The van der Waals surface area contributed by atoms with E-state index in [0.717, 1.165) is 31.7 Å². The number of hydrogen-bond donors (Lipinski definition) is 2. The van der Waals surface area contributed by atoms with Gasteiger partial charge in [0.05, 0.1) is 12.2 Å². The van der Waals surface area contributed by atoms with Crippen molar-refractivity contribution in [3.05, 3.63) is 46.5 Å². The maximum atomic E-state index is 12.4. The molecule has 1 aromatic heterocycles. The summed E-state index contributed by atoms with van der Waals surface area (Å²) in [5.41, 5.74) is 3.54. The molecule has 136 valence electrons. The fraction of sp³-hybridized carbons (Fsp3) is 0.444. The van der Waals surface area contributed by atoms with Crippen LogP contribution >= 0.6 is 23.7 Å². The molecule has 25 heavy (non-hydrogen) atoms. The minimum atomic E-state index is 0. The van der Waals surface area contributed by atoms with Crippen molar-refractivity contribution < 1.29 is 4.79 Å². The number of nitrogens with one attached hydrogen (secondary N) is 2. The molecule has 1 unspecified atom stereocenters. The summed E-state index contributed by atoms with van der Waals surface area (Å²) in [6.45, 7) is 7.12. The number of anilines is 1. The van der Waals surface area contributed by atoms with Crippen molar-refractivity contribution in [2.75, 3.05) is 31.5 Å². The van der Waals surface area contributed by atoms with Crippen LogP contribution in [-0.2, 0) is 11.2 Å². The molecule has 0 aliphatic carbocycles. The van der Waals surface area contributed by atoms with Crippen LogP contribution in [0.15, 0.2) is 29.6 Å². The van der Waals surface area contributed by atoms with Gasteiger partial charge in [0.25, 0.3) is 0 Å². The van der Waals surface area contributed by atoms with Crippen LogP contribution in [0.4, 0.5) is 5.13 Å². The maximum absolute atomic E-state index is 12.4. The van der Waals surface area contributed by atoms with E-state index < -0.39 is 0 Å². The molecule has 0 bridgehead atoms. The summed E-state index contributed by atoms with van der Waals surface area (Å²) in [6.07, 6.45) is 1.04. The van der Waals surface area contributed by atoms with Crippen LogP contribution in [0.5, 0.6) is 0 Å². The standard InChI is InChI=1S/C18H24N4OS.ClH/c1-3-14-4-6-15(7-5-14)16-10-19-8-9-22(16)11-17(23)21-18-20-13(2)12-24-18;/h4-7,12,16,19H,3,8-11H2,1-2H3,(H,20,21,23);1H. The molecule has 1 aromatic carbocycles. The molecule has 1 aliphatic rings. The van der Waals surface area contributed by atoms with E-state index in [0.29, 0.717) is 11.7 Å². The summed E-state index contributed by atoms with van der Waals surface area (Å²) in [7, 11) is 0. The smallest absolute Gasteiger partial charge is 0.240 e. The number of aromatic nitrogens is 1. The van der Waals surface area contributed by atoms with Crippen molar-refractivity contribution >= 4 is 34.8 Å². The Morgan fingerprint density at radius 3 is 2.80 bits per heavy atom. The Morgan fingerprint density at radius 1 is 1.40 bits per heavy atom. The van der Waals surface area contributed by atoms with Crippen LogP contribution in [0, 0.1) is 6.92 Å². The Kier molecular flexibility index (Phi) is 7.38. The van der Waals surface area contributed by atoms with E-state index in [2.05, 4.69) is 51.7 Å². The van der Waals surface area contributed by atoms with Crippen LogP contribution in [0.25, 0.3) is 0 Å². The summed E-state index contributed by atoms with van der Waals surface area (Å²) in [6, 6.07) is 8.96. The number of amides is 1. The summed E-state index contributed by atoms with van der Waals surface area (Å²) in [5.74, 6) is 0.00132. The number of nitrogens with zero attached hydrogens (tertiary/aromatic N) is 2. The van der Waals surface area contributed by atoms with E-state index in [1.54, 1.807) is 0 Å². The van der Waals surface area contributed by atoms with Gasteiger partial charge in [-0.05, 0) is 24.5 Å². The Bertz CT molecular complexity index is 689. The number of halogens is 1. The van der Waals surface area contributed by atoms with Gasteiger partial charge in [-0.1, -0.05) is 31.2 Å². The average molecular weight is 381 g/mol. The van der Waals surface area contributed by atoms with Crippen LogP contribution < -0.4 is 10.6 Å². The second kappa shape index (κ2) is 9.29. The van der Waals surface area contributed by atoms with E-state index in [4.69, 9.17) is 0 Å². The molecule has 3 rings (SSSR count). The van der Waals surface area contributed by atoms with Gasteiger partial charge in [-0.2, -0.15) is 0 Å². The van der Waals surface area contributed by atoms with Gasteiger partial charge in [0.15, 0.2) is 5.13 Å². The second-order valence-corrected chi connectivity index (χ2v) is 6.99. The highest BCUT2D eigenvalue weighted by atomic mass is 35.5. The first-order chi connectivity index (χ1) is 11.7.